The second-order valence-electron chi connectivity index (χ2n) is 3.36. The Morgan fingerprint density at radius 1 is 1.50 bits per heavy atom. The average molecular weight is 282 g/mol. The quantitative estimate of drug-likeness (QED) is 0.654. The number of aromatic nitrogens is 3. The summed E-state index contributed by atoms with van der Waals surface area (Å²) in [6.45, 7) is 0. The van der Waals surface area contributed by atoms with Crippen molar-refractivity contribution in [3.05, 3.63) is 46.5 Å². The Bertz CT molecular complexity index is 448. The van der Waals surface area contributed by atoms with Crippen LogP contribution in [0.1, 0.15) is 17.4 Å². The van der Waals surface area contributed by atoms with E-state index in [9.17, 15) is 0 Å². The van der Waals surface area contributed by atoms with E-state index in [0.717, 1.165) is 15.9 Å². The van der Waals surface area contributed by atoms with Crippen LogP contribution in [0.4, 0.5) is 0 Å². The van der Waals surface area contributed by atoms with Gasteiger partial charge in [-0.15, -0.1) is 0 Å². The standard InChI is InChI=1S/C10H12BrN5/c1-16-10(7(11)6-14-16)9(15-12)8-4-2-3-5-13-8/h2-6,9,15H,12H2,1H3. The second-order valence-corrected chi connectivity index (χ2v) is 4.21. The van der Waals surface area contributed by atoms with Gasteiger partial charge in [0.15, 0.2) is 0 Å². The predicted molar refractivity (Wildman–Crippen MR) is 64.3 cm³/mol. The fraction of sp³-hybridized carbons (Fsp3) is 0.200. The molecule has 2 heterocycles. The average Bonchev–Trinajstić information content (AvgIpc) is 2.63. The number of hydrogen-bond acceptors (Lipinski definition) is 4. The van der Waals surface area contributed by atoms with E-state index in [4.69, 9.17) is 5.84 Å². The molecule has 1 atom stereocenters. The highest BCUT2D eigenvalue weighted by molar-refractivity contribution is 9.10. The molecule has 2 aromatic heterocycles. The summed E-state index contributed by atoms with van der Waals surface area (Å²) in [6.07, 6.45) is 3.48. The van der Waals surface area contributed by atoms with Crippen LogP contribution in [0, 0.1) is 0 Å². The van der Waals surface area contributed by atoms with Crippen molar-refractivity contribution in [3.63, 3.8) is 0 Å². The Kier molecular flexibility index (Phi) is 3.33. The maximum absolute atomic E-state index is 5.58. The third-order valence-electron chi connectivity index (χ3n) is 2.36. The predicted octanol–water partition coefficient (Wildman–Crippen LogP) is 1.13. The topological polar surface area (TPSA) is 68.8 Å². The van der Waals surface area contributed by atoms with E-state index in [1.807, 2.05) is 25.2 Å². The number of halogens is 1. The molecule has 5 nitrogen and oxygen atoms in total. The normalized spacial score (nSPS) is 12.7. The minimum Gasteiger partial charge on any atom is -0.270 e. The first kappa shape index (κ1) is 11.3. The lowest BCUT2D eigenvalue weighted by Gasteiger charge is -2.16. The van der Waals surface area contributed by atoms with E-state index in [2.05, 4.69) is 31.4 Å². The van der Waals surface area contributed by atoms with E-state index in [1.165, 1.54) is 0 Å². The molecule has 0 aliphatic rings. The van der Waals surface area contributed by atoms with Crippen LogP contribution in [0.5, 0.6) is 0 Å². The molecule has 0 spiro atoms. The lowest BCUT2D eigenvalue weighted by molar-refractivity contribution is 0.562. The lowest BCUT2D eigenvalue weighted by Crippen LogP contribution is -2.31. The zero-order valence-electron chi connectivity index (χ0n) is 8.76. The minimum atomic E-state index is -0.178. The largest absolute Gasteiger partial charge is 0.270 e. The Labute approximate surface area is 102 Å². The summed E-state index contributed by atoms with van der Waals surface area (Å²) in [5.41, 5.74) is 4.55. The monoisotopic (exact) mass is 281 g/mol. The fourth-order valence-corrected chi connectivity index (χ4v) is 2.17. The van der Waals surface area contributed by atoms with E-state index in [1.54, 1.807) is 17.1 Å². The molecule has 6 heteroatoms. The molecule has 0 saturated carbocycles. The first-order valence-corrected chi connectivity index (χ1v) is 5.57. The van der Waals surface area contributed by atoms with Gasteiger partial charge in [0.05, 0.1) is 22.1 Å². The molecule has 0 saturated heterocycles. The zero-order valence-corrected chi connectivity index (χ0v) is 10.3. The van der Waals surface area contributed by atoms with Crippen molar-refractivity contribution in [2.75, 3.05) is 0 Å². The molecule has 2 rings (SSSR count). The first-order valence-electron chi connectivity index (χ1n) is 4.78. The van der Waals surface area contributed by atoms with E-state index in [-0.39, 0.29) is 6.04 Å². The van der Waals surface area contributed by atoms with Crippen LogP contribution < -0.4 is 11.3 Å². The van der Waals surface area contributed by atoms with Crippen LogP contribution in [0.3, 0.4) is 0 Å². The molecule has 2 aromatic rings. The second kappa shape index (κ2) is 4.73. The van der Waals surface area contributed by atoms with Gasteiger partial charge in [0.1, 0.15) is 6.04 Å². The third kappa shape index (κ3) is 1.99. The van der Waals surface area contributed by atoms with Gasteiger partial charge in [-0.1, -0.05) is 6.07 Å². The molecule has 16 heavy (non-hydrogen) atoms. The molecule has 84 valence electrons. The summed E-state index contributed by atoms with van der Waals surface area (Å²) in [5.74, 6) is 5.58. The van der Waals surface area contributed by atoms with Gasteiger partial charge >= 0.3 is 0 Å². The van der Waals surface area contributed by atoms with Gasteiger partial charge in [-0.2, -0.15) is 5.10 Å². The van der Waals surface area contributed by atoms with Crippen LogP contribution in [-0.4, -0.2) is 14.8 Å². The Morgan fingerprint density at radius 3 is 2.81 bits per heavy atom. The molecule has 0 aliphatic carbocycles. The van der Waals surface area contributed by atoms with E-state index in [0.29, 0.717) is 0 Å². The minimum absolute atomic E-state index is 0.178. The zero-order chi connectivity index (χ0) is 11.5. The molecule has 0 radical (unpaired) electrons. The molecule has 0 bridgehead atoms. The maximum atomic E-state index is 5.58. The summed E-state index contributed by atoms with van der Waals surface area (Å²) in [7, 11) is 1.87. The highest BCUT2D eigenvalue weighted by Crippen LogP contribution is 2.26. The van der Waals surface area contributed by atoms with Gasteiger partial charge in [-0.25, -0.2) is 5.43 Å². The van der Waals surface area contributed by atoms with Crippen molar-refractivity contribution in [1.82, 2.24) is 20.2 Å². The van der Waals surface area contributed by atoms with E-state index < -0.39 is 0 Å². The number of nitrogens with one attached hydrogen (secondary N) is 1. The first-order chi connectivity index (χ1) is 7.74. The summed E-state index contributed by atoms with van der Waals surface area (Å²) in [5, 5.41) is 4.16. The third-order valence-corrected chi connectivity index (χ3v) is 2.97. The molecule has 1 unspecified atom stereocenters. The Hall–Kier alpha value is -1.24. The highest BCUT2D eigenvalue weighted by Gasteiger charge is 2.20. The number of nitrogens with zero attached hydrogens (tertiary/aromatic N) is 3. The number of aryl methyl sites for hydroxylation is 1. The Morgan fingerprint density at radius 2 is 2.31 bits per heavy atom. The van der Waals surface area contributed by atoms with Gasteiger partial charge in [-0.05, 0) is 28.1 Å². The molecule has 0 amide bonds. The summed E-state index contributed by atoms with van der Waals surface area (Å²) >= 11 is 3.45. The number of hydrazine groups is 1. The van der Waals surface area contributed by atoms with Crippen molar-refractivity contribution in [2.45, 2.75) is 6.04 Å². The van der Waals surface area contributed by atoms with Crippen molar-refractivity contribution in [2.24, 2.45) is 12.9 Å². The van der Waals surface area contributed by atoms with Crippen LogP contribution >= 0.6 is 15.9 Å². The van der Waals surface area contributed by atoms with Crippen LogP contribution in [0.2, 0.25) is 0 Å². The van der Waals surface area contributed by atoms with Crippen LogP contribution in [0.15, 0.2) is 35.1 Å². The van der Waals surface area contributed by atoms with Gasteiger partial charge in [-0.3, -0.25) is 15.5 Å². The fourth-order valence-electron chi connectivity index (χ4n) is 1.60. The molecular weight excluding hydrogens is 270 g/mol. The van der Waals surface area contributed by atoms with Gasteiger partial charge < -0.3 is 0 Å². The summed E-state index contributed by atoms with van der Waals surface area (Å²) < 4.78 is 2.67. The number of hydrogen-bond donors (Lipinski definition) is 2. The molecule has 0 aromatic carbocycles. The number of pyridine rings is 1. The van der Waals surface area contributed by atoms with Crippen LogP contribution in [0.25, 0.3) is 0 Å². The SMILES string of the molecule is Cn1ncc(Br)c1C(NN)c1ccccn1. The van der Waals surface area contributed by atoms with Crippen LogP contribution in [-0.2, 0) is 7.05 Å². The lowest BCUT2D eigenvalue weighted by atomic mass is 10.1. The van der Waals surface area contributed by atoms with Crippen molar-refractivity contribution in [1.29, 1.82) is 0 Å². The molecular formula is C10H12BrN5. The molecule has 0 fully saturated rings. The highest BCUT2D eigenvalue weighted by atomic mass is 79.9. The van der Waals surface area contributed by atoms with Gasteiger partial charge in [0.2, 0.25) is 0 Å². The van der Waals surface area contributed by atoms with E-state index >= 15 is 0 Å². The van der Waals surface area contributed by atoms with Gasteiger partial charge in [0, 0.05) is 13.2 Å². The number of rotatable bonds is 3. The molecule has 3 N–H and O–H groups in total. The van der Waals surface area contributed by atoms with Crippen molar-refractivity contribution in [3.8, 4) is 0 Å². The smallest absolute Gasteiger partial charge is 0.106 e. The van der Waals surface area contributed by atoms with Gasteiger partial charge in [0.25, 0.3) is 0 Å². The summed E-state index contributed by atoms with van der Waals surface area (Å²) in [4.78, 5) is 4.28. The van der Waals surface area contributed by atoms with Crippen molar-refractivity contribution >= 4 is 15.9 Å². The summed E-state index contributed by atoms with van der Waals surface area (Å²) in [6, 6.07) is 5.54. The number of nitrogens with two attached hydrogens (primary N) is 1. The Balaban J connectivity index is 2.45. The van der Waals surface area contributed by atoms with Crippen molar-refractivity contribution < 1.29 is 0 Å². The maximum Gasteiger partial charge on any atom is 0.106 e. The molecule has 0 aliphatic heterocycles.